The van der Waals surface area contributed by atoms with Crippen LogP contribution in [0, 0.1) is 0 Å². The van der Waals surface area contributed by atoms with E-state index in [1.54, 1.807) is 17.0 Å². The normalized spacial score (nSPS) is 20.4. The Morgan fingerprint density at radius 1 is 1.06 bits per heavy atom. The molecule has 0 bridgehead atoms. The second kappa shape index (κ2) is 8.89. The number of carbonyl (C=O) groups is 3. The van der Waals surface area contributed by atoms with Crippen LogP contribution in [0.2, 0.25) is 0 Å². The van der Waals surface area contributed by atoms with Gasteiger partial charge in [-0.15, -0.1) is 0 Å². The molecular formula is C26H30N2O5. The first-order valence-electron chi connectivity index (χ1n) is 11.2. The Morgan fingerprint density at radius 3 is 2.45 bits per heavy atom. The summed E-state index contributed by atoms with van der Waals surface area (Å²) in [7, 11) is 1.33. The number of methoxy groups -OCH3 is 1. The highest BCUT2D eigenvalue weighted by Crippen LogP contribution is 2.36. The molecule has 1 fully saturated rings. The van der Waals surface area contributed by atoms with Crippen LogP contribution in [-0.2, 0) is 16.0 Å². The van der Waals surface area contributed by atoms with Crippen LogP contribution in [0.25, 0.3) is 0 Å². The largest absolute Gasteiger partial charge is 0.465 e. The Kier molecular flexibility index (Phi) is 6.15. The lowest BCUT2D eigenvalue weighted by molar-refractivity contribution is 0.0109. The van der Waals surface area contributed by atoms with Crippen molar-refractivity contribution in [1.29, 1.82) is 0 Å². The van der Waals surface area contributed by atoms with Crippen molar-refractivity contribution in [3.05, 3.63) is 70.8 Å². The Bertz CT molecular complexity index is 1060. The van der Waals surface area contributed by atoms with Crippen molar-refractivity contribution in [2.24, 2.45) is 0 Å². The number of rotatable bonds is 3. The number of piperidine rings is 1. The summed E-state index contributed by atoms with van der Waals surface area (Å²) in [6, 6.07) is 15.1. The molecule has 2 aliphatic heterocycles. The summed E-state index contributed by atoms with van der Waals surface area (Å²) >= 11 is 0. The van der Waals surface area contributed by atoms with Gasteiger partial charge in [0.15, 0.2) is 0 Å². The summed E-state index contributed by atoms with van der Waals surface area (Å²) in [6.07, 6.45) is 0.309. The minimum Gasteiger partial charge on any atom is -0.465 e. The molecule has 0 saturated carbocycles. The van der Waals surface area contributed by atoms with E-state index >= 15 is 0 Å². The summed E-state index contributed by atoms with van der Waals surface area (Å²) in [6.45, 7) is 7.03. The zero-order valence-corrected chi connectivity index (χ0v) is 19.5. The summed E-state index contributed by atoms with van der Waals surface area (Å²) < 4.78 is 10.4. The van der Waals surface area contributed by atoms with Gasteiger partial charge in [-0.05, 0) is 50.5 Å². The zero-order valence-electron chi connectivity index (χ0n) is 19.5. The second-order valence-corrected chi connectivity index (χ2v) is 9.60. The summed E-state index contributed by atoms with van der Waals surface area (Å²) in [5.41, 5.74) is 2.31. The van der Waals surface area contributed by atoms with Crippen molar-refractivity contribution in [1.82, 2.24) is 9.80 Å². The summed E-state index contributed by atoms with van der Waals surface area (Å²) in [5.74, 6) is -0.602. The molecule has 2 aromatic carbocycles. The number of amides is 2. The standard InChI is InChI=1S/C26H30N2O5/c1-26(2,3)33-25(31)27-13-12-22(21(16-27)17-8-6-5-7-9-17)28-15-19-11-10-18(24(30)32-4)14-20(19)23(28)29/h5-11,14,21-22H,12-13,15-16H2,1-4H3/t21-,22-/m1/s1. The summed E-state index contributed by atoms with van der Waals surface area (Å²) in [5, 5.41) is 0. The van der Waals surface area contributed by atoms with Gasteiger partial charge in [0, 0.05) is 37.2 Å². The van der Waals surface area contributed by atoms with E-state index in [4.69, 9.17) is 9.47 Å². The SMILES string of the molecule is COC(=O)c1ccc2c(c1)C(=O)N([C@@H]1CCN(C(=O)OC(C)(C)C)C[C@@H]1c1ccccc1)C2. The molecule has 0 aliphatic carbocycles. The van der Waals surface area contributed by atoms with Crippen molar-refractivity contribution in [2.75, 3.05) is 20.2 Å². The molecule has 2 aromatic rings. The van der Waals surface area contributed by atoms with Gasteiger partial charge < -0.3 is 19.3 Å². The maximum absolute atomic E-state index is 13.4. The van der Waals surface area contributed by atoms with Crippen LogP contribution < -0.4 is 0 Å². The third-order valence-electron chi connectivity index (χ3n) is 6.22. The lowest BCUT2D eigenvalue weighted by atomic mass is 9.85. The molecule has 33 heavy (non-hydrogen) atoms. The van der Waals surface area contributed by atoms with Crippen molar-refractivity contribution in [3.8, 4) is 0 Å². The fourth-order valence-corrected chi connectivity index (χ4v) is 4.67. The van der Waals surface area contributed by atoms with Crippen molar-refractivity contribution in [3.63, 3.8) is 0 Å². The number of benzene rings is 2. The Hall–Kier alpha value is -3.35. The first-order valence-corrected chi connectivity index (χ1v) is 11.2. The minimum absolute atomic E-state index is 0.0502. The van der Waals surface area contributed by atoms with Crippen molar-refractivity contribution in [2.45, 2.75) is 51.3 Å². The van der Waals surface area contributed by atoms with Gasteiger partial charge in [0.05, 0.1) is 12.7 Å². The molecule has 174 valence electrons. The monoisotopic (exact) mass is 450 g/mol. The first kappa shape index (κ1) is 22.8. The van der Waals surface area contributed by atoms with Crippen LogP contribution in [0.3, 0.4) is 0 Å². The highest BCUT2D eigenvalue weighted by atomic mass is 16.6. The maximum Gasteiger partial charge on any atom is 0.410 e. The van der Waals surface area contributed by atoms with Crippen LogP contribution in [0.1, 0.15) is 65.0 Å². The van der Waals surface area contributed by atoms with Gasteiger partial charge in [-0.25, -0.2) is 9.59 Å². The van der Waals surface area contributed by atoms with Gasteiger partial charge >= 0.3 is 12.1 Å². The van der Waals surface area contributed by atoms with E-state index in [0.717, 1.165) is 11.1 Å². The third kappa shape index (κ3) is 4.72. The number of hydrogen-bond acceptors (Lipinski definition) is 5. The number of carbonyl (C=O) groups excluding carboxylic acids is 3. The van der Waals surface area contributed by atoms with Crippen molar-refractivity contribution >= 4 is 18.0 Å². The highest BCUT2D eigenvalue weighted by Gasteiger charge is 2.42. The van der Waals surface area contributed by atoms with Gasteiger partial charge in [0.25, 0.3) is 5.91 Å². The molecule has 2 amide bonds. The van der Waals surface area contributed by atoms with Crippen LogP contribution in [0.5, 0.6) is 0 Å². The van der Waals surface area contributed by atoms with Gasteiger partial charge in [-0.3, -0.25) is 4.79 Å². The molecule has 0 unspecified atom stereocenters. The molecule has 0 N–H and O–H groups in total. The van der Waals surface area contributed by atoms with E-state index in [1.807, 2.05) is 62.1 Å². The quantitative estimate of drug-likeness (QED) is 0.655. The van der Waals surface area contributed by atoms with E-state index in [0.29, 0.717) is 37.2 Å². The first-order chi connectivity index (χ1) is 15.7. The average molecular weight is 451 g/mol. The molecule has 2 heterocycles. The smallest absolute Gasteiger partial charge is 0.410 e. The molecule has 0 radical (unpaired) electrons. The fourth-order valence-electron chi connectivity index (χ4n) is 4.67. The molecule has 7 nitrogen and oxygen atoms in total. The summed E-state index contributed by atoms with van der Waals surface area (Å²) in [4.78, 5) is 41.7. The predicted molar refractivity (Wildman–Crippen MR) is 123 cm³/mol. The zero-order chi connectivity index (χ0) is 23.8. The molecule has 2 atom stereocenters. The number of nitrogens with zero attached hydrogens (tertiary/aromatic N) is 2. The second-order valence-electron chi connectivity index (χ2n) is 9.60. The Labute approximate surface area is 194 Å². The molecule has 4 rings (SSSR count). The van der Waals surface area contributed by atoms with Crippen LogP contribution in [-0.4, -0.2) is 59.6 Å². The predicted octanol–water partition coefficient (Wildman–Crippen LogP) is 4.22. The molecule has 0 aromatic heterocycles. The lowest BCUT2D eigenvalue weighted by Gasteiger charge is -2.43. The van der Waals surface area contributed by atoms with E-state index < -0.39 is 11.6 Å². The van der Waals surface area contributed by atoms with Crippen LogP contribution in [0.15, 0.2) is 48.5 Å². The van der Waals surface area contributed by atoms with E-state index in [9.17, 15) is 14.4 Å². The molecule has 1 saturated heterocycles. The highest BCUT2D eigenvalue weighted by molar-refractivity contribution is 6.01. The van der Waals surface area contributed by atoms with Crippen molar-refractivity contribution < 1.29 is 23.9 Å². The van der Waals surface area contributed by atoms with E-state index in [1.165, 1.54) is 7.11 Å². The lowest BCUT2D eigenvalue weighted by Crippen LogP contribution is -2.52. The number of fused-ring (bicyclic) bond motifs is 1. The van der Waals surface area contributed by atoms with E-state index in [-0.39, 0.29) is 24.0 Å². The van der Waals surface area contributed by atoms with Crippen LogP contribution >= 0.6 is 0 Å². The third-order valence-corrected chi connectivity index (χ3v) is 6.22. The molecule has 2 aliphatic rings. The Morgan fingerprint density at radius 2 is 1.79 bits per heavy atom. The van der Waals surface area contributed by atoms with E-state index in [2.05, 4.69) is 0 Å². The number of ether oxygens (including phenoxy) is 2. The van der Waals surface area contributed by atoms with Crippen LogP contribution in [0.4, 0.5) is 4.79 Å². The number of likely N-dealkylation sites (tertiary alicyclic amines) is 1. The van der Waals surface area contributed by atoms with Gasteiger partial charge in [-0.2, -0.15) is 0 Å². The minimum atomic E-state index is -0.569. The number of esters is 1. The average Bonchev–Trinajstić information content (AvgIpc) is 3.13. The molecular weight excluding hydrogens is 420 g/mol. The Balaban J connectivity index is 1.60. The fraction of sp³-hybridized carbons (Fsp3) is 0.423. The molecule has 7 heteroatoms. The molecule has 0 spiro atoms. The maximum atomic E-state index is 13.4. The van der Waals surface area contributed by atoms with Gasteiger partial charge in [0.2, 0.25) is 0 Å². The number of hydrogen-bond donors (Lipinski definition) is 0. The topological polar surface area (TPSA) is 76.2 Å². The van der Waals surface area contributed by atoms with Gasteiger partial charge in [0.1, 0.15) is 5.60 Å². The van der Waals surface area contributed by atoms with Gasteiger partial charge in [-0.1, -0.05) is 36.4 Å².